The van der Waals surface area contributed by atoms with Crippen LogP contribution in [0.4, 0.5) is 14.6 Å². The van der Waals surface area contributed by atoms with Crippen LogP contribution in [0.25, 0.3) is 33.2 Å². The number of hydrogen-bond donors (Lipinski definition) is 3. The summed E-state index contributed by atoms with van der Waals surface area (Å²) < 4.78 is 29.4. The predicted octanol–water partition coefficient (Wildman–Crippen LogP) is 4.90. The van der Waals surface area contributed by atoms with Crippen LogP contribution < -0.4 is 27.9 Å². The molecule has 0 bridgehead atoms. The third-order valence-electron chi connectivity index (χ3n) is 8.41. The monoisotopic (exact) mass is 735 g/mol. The number of aromatic nitrogens is 6. The minimum atomic E-state index is -0.749. The fourth-order valence-electron chi connectivity index (χ4n) is 5.86. The van der Waals surface area contributed by atoms with E-state index in [1.807, 2.05) is 0 Å². The Morgan fingerprint density at radius 3 is 1.64 bits per heavy atom. The molecule has 12 nitrogen and oxygen atoms in total. The number of rotatable bonds is 6. The third-order valence-corrected chi connectivity index (χ3v) is 8.41. The molecule has 0 spiro atoms. The van der Waals surface area contributed by atoms with E-state index in [1.54, 1.807) is 50.2 Å². The Morgan fingerprint density at radius 1 is 0.727 bits per heavy atom. The molecule has 55 heavy (non-hydrogen) atoms. The van der Waals surface area contributed by atoms with Gasteiger partial charge in [0.1, 0.15) is 23.3 Å². The Kier molecular flexibility index (Phi) is 10.5. The Morgan fingerprint density at radius 2 is 1.18 bits per heavy atom. The molecule has 0 radical (unpaired) electrons. The number of terminal acetylenes is 2. The zero-order chi connectivity index (χ0) is 39.4. The maximum Gasteiger partial charge on any atom is 0.274 e. The van der Waals surface area contributed by atoms with Crippen molar-refractivity contribution >= 4 is 33.5 Å². The van der Waals surface area contributed by atoms with E-state index in [1.165, 1.54) is 70.1 Å². The first-order chi connectivity index (χ1) is 26.4. The highest BCUT2D eigenvalue weighted by atomic mass is 19.1. The summed E-state index contributed by atoms with van der Waals surface area (Å²) in [5.74, 6) is 4.15. The lowest BCUT2D eigenvalue weighted by atomic mass is 10.1. The van der Waals surface area contributed by atoms with Crippen molar-refractivity contribution < 1.29 is 13.6 Å². The fraction of sp³-hybridized carbons (Fsp3) is 0.0976. The van der Waals surface area contributed by atoms with E-state index in [9.17, 15) is 23.2 Å². The number of carbonyl (C=O) groups excluding carboxylic acids is 1. The zero-order valence-corrected chi connectivity index (χ0v) is 29.4. The number of fused-ring (bicyclic) bond motifs is 2. The van der Waals surface area contributed by atoms with Gasteiger partial charge in [-0.05, 0) is 86.6 Å². The summed E-state index contributed by atoms with van der Waals surface area (Å²) >= 11 is 0. The normalized spacial score (nSPS) is 11.8. The van der Waals surface area contributed by atoms with E-state index in [4.69, 9.17) is 24.3 Å². The van der Waals surface area contributed by atoms with Crippen molar-refractivity contribution in [2.24, 2.45) is 5.73 Å². The Bertz CT molecular complexity index is 2800. The maximum absolute atomic E-state index is 13.5. The summed E-state index contributed by atoms with van der Waals surface area (Å²) in [5.41, 5.74) is 13.5. The van der Waals surface area contributed by atoms with E-state index >= 15 is 0 Å². The molecule has 5 N–H and O–H groups in total. The van der Waals surface area contributed by atoms with Gasteiger partial charge in [-0.1, -0.05) is 24.0 Å². The number of hydrogen-bond acceptors (Lipinski definition) is 9. The summed E-state index contributed by atoms with van der Waals surface area (Å²) in [5, 5.41) is 3.34. The summed E-state index contributed by atoms with van der Waals surface area (Å²) in [4.78, 5) is 56.1. The zero-order valence-electron chi connectivity index (χ0n) is 29.4. The van der Waals surface area contributed by atoms with Gasteiger partial charge in [0.05, 0.1) is 45.3 Å². The number of nitrogens with two attached hydrogens (primary N) is 2. The largest absolute Gasteiger partial charge is 0.382 e. The first kappa shape index (κ1) is 37.2. The van der Waals surface area contributed by atoms with Crippen molar-refractivity contribution in [3.05, 3.63) is 158 Å². The van der Waals surface area contributed by atoms with Crippen LogP contribution in [0.1, 0.15) is 59.2 Å². The molecule has 0 unspecified atom stereocenters. The minimum Gasteiger partial charge on any atom is -0.382 e. The second kappa shape index (κ2) is 15.6. The molecule has 0 fully saturated rings. The number of carbonyl (C=O) groups is 1. The van der Waals surface area contributed by atoms with Crippen LogP contribution in [0, 0.1) is 36.3 Å². The van der Waals surface area contributed by atoms with Crippen LogP contribution in [-0.2, 0) is 0 Å². The minimum absolute atomic E-state index is 0.0294. The van der Waals surface area contributed by atoms with Crippen LogP contribution in [0.5, 0.6) is 0 Å². The Hall–Kier alpha value is -7.55. The number of nitrogens with zero attached hydrogens (tertiary/aromatic N) is 6. The molecule has 0 saturated carbocycles. The van der Waals surface area contributed by atoms with Gasteiger partial charge in [-0.25, -0.2) is 28.7 Å². The van der Waals surface area contributed by atoms with Gasteiger partial charge < -0.3 is 16.8 Å². The van der Waals surface area contributed by atoms with E-state index in [-0.39, 0.29) is 34.1 Å². The van der Waals surface area contributed by atoms with Gasteiger partial charge in [-0.3, -0.25) is 23.5 Å². The summed E-state index contributed by atoms with van der Waals surface area (Å²) in [7, 11) is 0. The molecule has 0 aliphatic carbocycles. The number of nitrogen functional groups attached to an aromatic ring is 1. The highest BCUT2D eigenvalue weighted by Gasteiger charge is 2.23. The number of nitrogens with one attached hydrogen (secondary N) is 1. The van der Waals surface area contributed by atoms with Crippen molar-refractivity contribution in [2.45, 2.75) is 25.9 Å². The van der Waals surface area contributed by atoms with Crippen LogP contribution in [0.2, 0.25) is 0 Å². The highest BCUT2D eigenvalue weighted by Crippen LogP contribution is 2.22. The molecule has 3 aromatic heterocycles. The second-order valence-electron chi connectivity index (χ2n) is 12.1. The van der Waals surface area contributed by atoms with Crippen LogP contribution in [0.3, 0.4) is 0 Å². The molecule has 4 aromatic carbocycles. The predicted molar refractivity (Wildman–Crippen MR) is 205 cm³/mol. The molecule has 2 atom stereocenters. The van der Waals surface area contributed by atoms with E-state index in [2.05, 4.69) is 37.1 Å². The fourth-order valence-corrected chi connectivity index (χ4v) is 5.86. The van der Waals surface area contributed by atoms with Gasteiger partial charge in [0.2, 0.25) is 0 Å². The topological polar surface area (TPSA) is 177 Å². The SMILES string of the molecule is C#Cc1cccc2nc([C@H](C)N)n(-c3ccc(F)cc3)c(=O)c12.C#Cc1cccc2nc([C@H](C)NC(=O)c3nccnc3N)n(-c3ccc(F)cc3)c(=O)c12. The van der Waals surface area contributed by atoms with Gasteiger partial charge in [-0.15, -0.1) is 12.8 Å². The summed E-state index contributed by atoms with van der Waals surface area (Å²) in [6.07, 6.45) is 13.8. The van der Waals surface area contributed by atoms with Crippen LogP contribution in [-0.4, -0.2) is 35.0 Å². The van der Waals surface area contributed by atoms with E-state index in [0.717, 1.165) is 0 Å². The van der Waals surface area contributed by atoms with Crippen LogP contribution >= 0.6 is 0 Å². The smallest absolute Gasteiger partial charge is 0.274 e. The van der Waals surface area contributed by atoms with Gasteiger partial charge in [0.25, 0.3) is 17.0 Å². The molecule has 1 amide bonds. The van der Waals surface area contributed by atoms with Crippen molar-refractivity contribution in [1.82, 2.24) is 34.4 Å². The standard InChI is InChI=1S/C23H17FN6O2.C18H14FN3O/c1-3-14-5-4-6-17-18(14)23(32)30(16-9-7-15(24)8-10-16)21(29-17)13(2)28-22(31)19-20(25)27-12-11-26-19;1-3-12-5-4-6-15-16(12)18(23)22(17(21-15)11(2)20)14-9-7-13(19)8-10-14/h1,4-13H,2H3,(H2,25,27)(H,28,31);1,4-11H,20H2,2H3/t13-;11-/m00/s1. The first-order valence-corrected chi connectivity index (χ1v) is 16.6. The lowest BCUT2D eigenvalue weighted by Crippen LogP contribution is -2.34. The Labute approximate surface area is 312 Å². The van der Waals surface area contributed by atoms with E-state index < -0.39 is 29.4 Å². The molecule has 14 heteroatoms. The lowest BCUT2D eigenvalue weighted by molar-refractivity contribution is 0.0933. The summed E-state index contributed by atoms with van der Waals surface area (Å²) in [6.45, 7) is 3.39. The highest BCUT2D eigenvalue weighted by molar-refractivity contribution is 5.96. The van der Waals surface area contributed by atoms with Crippen molar-refractivity contribution in [3.8, 4) is 36.1 Å². The molecule has 0 aliphatic rings. The molecular formula is C41H31F2N9O3. The maximum atomic E-state index is 13.5. The number of halogens is 2. The van der Waals surface area contributed by atoms with Crippen molar-refractivity contribution in [1.29, 1.82) is 0 Å². The third kappa shape index (κ3) is 7.39. The average Bonchev–Trinajstić information content (AvgIpc) is 3.18. The van der Waals surface area contributed by atoms with Gasteiger partial charge in [-0.2, -0.15) is 0 Å². The van der Waals surface area contributed by atoms with Crippen molar-refractivity contribution in [2.75, 3.05) is 5.73 Å². The van der Waals surface area contributed by atoms with Crippen molar-refractivity contribution in [3.63, 3.8) is 0 Å². The molecule has 272 valence electrons. The summed E-state index contributed by atoms with van der Waals surface area (Å²) in [6, 6.07) is 19.8. The molecule has 7 rings (SSSR count). The number of anilines is 1. The molecule has 0 aliphatic heterocycles. The molecule has 3 heterocycles. The first-order valence-electron chi connectivity index (χ1n) is 16.6. The Balaban J connectivity index is 0.000000197. The number of benzene rings is 4. The average molecular weight is 736 g/mol. The molecule has 7 aromatic rings. The van der Waals surface area contributed by atoms with E-state index in [0.29, 0.717) is 44.7 Å². The van der Waals surface area contributed by atoms with Gasteiger partial charge in [0.15, 0.2) is 11.5 Å². The lowest BCUT2D eigenvalue weighted by Gasteiger charge is -2.20. The number of amides is 1. The molecule has 0 saturated heterocycles. The quantitative estimate of drug-likeness (QED) is 0.201. The van der Waals surface area contributed by atoms with Gasteiger partial charge in [0, 0.05) is 23.5 Å². The van der Waals surface area contributed by atoms with Gasteiger partial charge >= 0.3 is 0 Å². The second-order valence-corrected chi connectivity index (χ2v) is 12.1. The molecular weight excluding hydrogens is 705 g/mol. The van der Waals surface area contributed by atoms with Crippen LogP contribution in [0.15, 0.2) is 107 Å².